The number of carboxylic acids is 1. The van der Waals surface area contributed by atoms with Crippen molar-refractivity contribution < 1.29 is 24.4 Å². The number of likely N-dealkylation sites (tertiary alicyclic amines) is 1. The number of carboxylic acid groups (broad SMARTS) is 1. The summed E-state index contributed by atoms with van der Waals surface area (Å²) in [6.45, 7) is 2.03. The zero-order valence-electron chi connectivity index (χ0n) is 12.1. The van der Waals surface area contributed by atoms with E-state index in [1.165, 1.54) is 4.90 Å². The maximum atomic E-state index is 11.9. The van der Waals surface area contributed by atoms with Crippen LogP contribution in [0, 0.1) is 0 Å². The third kappa shape index (κ3) is 5.56. The first-order chi connectivity index (χ1) is 9.40. The van der Waals surface area contributed by atoms with Gasteiger partial charge in [-0.1, -0.05) is 0 Å². The molecular weight excluding hydrogens is 262 g/mol. The molecule has 0 aromatic heterocycles. The first-order valence-electron chi connectivity index (χ1n) is 6.98. The van der Waals surface area contributed by atoms with Gasteiger partial charge in [-0.3, -0.25) is 10.1 Å². The number of hydrogen-bond donors (Lipinski definition) is 2. The molecule has 114 valence electrons. The Morgan fingerprint density at radius 2 is 1.85 bits per heavy atom. The van der Waals surface area contributed by atoms with E-state index in [4.69, 9.17) is 0 Å². The molecule has 1 saturated heterocycles. The second-order valence-corrected chi connectivity index (χ2v) is 5.38. The average Bonchev–Trinajstić information content (AvgIpc) is 2.38. The SMILES string of the molecule is CN(C(=O)NC(=O)CCCC(=O)[O-])C1CC[NH+](C)CC1. The molecule has 0 spiro atoms. The number of carbonyl (C=O) groups excluding carboxylic acids is 3. The number of imide groups is 1. The number of aliphatic carboxylic acids is 1. The van der Waals surface area contributed by atoms with E-state index >= 15 is 0 Å². The highest BCUT2D eigenvalue weighted by atomic mass is 16.4. The topological polar surface area (TPSA) is 94.0 Å². The predicted octanol–water partition coefficient (Wildman–Crippen LogP) is -2.25. The van der Waals surface area contributed by atoms with Gasteiger partial charge in [0.05, 0.1) is 20.1 Å². The molecule has 0 aromatic rings. The van der Waals surface area contributed by atoms with E-state index in [-0.39, 0.29) is 25.3 Å². The second-order valence-electron chi connectivity index (χ2n) is 5.38. The molecule has 1 heterocycles. The average molecular weight is 285 g/mol. The van der Waals surface area contributed by atoms with Gasteiger partial charge in [-0.2, -0.15) is 0 Å². The lowest BCUT2D eigenvalue weighted by molar-refractivity contribution is -0.885. The van der Waals surface area contributed by atoms with Gasteiger partial charge in [0.25, 0.3) is 0 Å². The molecule has 0 radical (unpaired) electrons. The highest BCUT2D eigenvalue weighted by Gasteiger charge is 2.26. The molecule has 3 amide bonds. The van der Waals surface area contributed by atoms with Gasteiger partial charge in [0.2, 0.25) is 5.91 Å². The number of hydrogen-bond acceptors (Lipinski definition) is 4. The Morgan fingerprint density at radius 3 is 2.40 bits per heavy atom. The van der Waals surface area contributed by atoms with Crippen molar-refractivity contribution in [2.24, 2.45) is 0 Å². The van der Waals surface area contributed by atoms with Gasteiger partial charge < -0.3 is 19.7 Å². The number of nitrogens with one attached hydrogen (secondary N) is 2. The summed E-state index contributed by atoms with van der Waals surface area (Å²) >= 11 is 0. The molecule has 0 aromatic carbocycles. The van der Waals surface area contributed by atoms with Crippen molar-refractivity contribution in [3.8, 4) is 0 Å². The Kier molecular flexibility index (Phi) is 6.44. The molecule has 0 aliphatic carbocycles. The first-order valence-corrected chi connectivity index (χ1v) is 6.98. The third-order valence-corrected chi connectivity index (χ3v) is 3.71. The van der Waals surface area contributed by atoms with Crippen molar-refractivity contribution in [1.29, 1.82) is 0 Å². The van der Waals surface area contributed by atoms with Crippen molar-refractivity contribution in [3.63, 3.8) is 0 Å². The molecule has 7 nitrogen and oxygen atoms in total. The van der Waals surface area contributed by atoms with Gasteiger partial charge in [-0.25, -0.2) is 4.79 Å². The normalized spacial score (nSPS) is 22.1. The number of amides is 3. The van der Waals surface area contributed by atoms with Crippen LogP contribution >= 0.6 is 0 Å². The standard InChI is InChI=1S/C13H23N3O4/c1-15-8-6-10(7-9-15)16(2)13(20)14-11(17)4-3-5-12(18)19/h10H,3-9H2,1-2H3,(H,18,19)(H,14,17,20). The Hall–Kier alpha value is -1.63. The molecule has 1 fully saturated rings. The summed E-state index contributed by atoms with van der Waals surface area (Å²) in [5, 5.41) is 12.5. The molecule has 1 aliphatic rings. The second kappa shape index (κ2) is 7.84. The van der Waals surface area contributed by atoms with Crippen molar-refractivity contribution in [3.05, 3.63) is 0 Å². The maximum Gasteiger partial charge on any atom is 0.324 e. The van der Waals surface area contributed by atoms with Crippen molar-refractivity contribution in [2.45, 2.75) is 38.1 Å². The predicted molar refractivity (Wildman–Crippen MR) is 69.8 cm³/mol. The molecule has 0 bridgehead atoms. The minimum absolute atomic E-state index is 0.0190. The summed E-state index contributed by atoms with van der Waals surface area (Å²) in [5.74, 6) is -1.63. The third-order valence-electron chi connectivity index (χ3n) is 3.71. The zero-order chi connectivity index (χ0) is 15.1. The van der Waals surface area contributed by atoms with E-state index in [1.807, 2.05) is 0 Å². The fourth-order valence-corrected chi connectivity index (χ4v) is 2.31. The summed E-state index contributed by atoms with van der Waals surface area (Å²) in [6.07, 6.45) is 1.88. The molecule has 1 aliphatic heterocycles. The lowest BCUT2D eigenvalue weighted by Gasteiger charge is -2.33. The Labute approximate surface area is 118 Å². The number of rotatable bonds is 5. The minimum atomic E-state index is -1.19. The number of nitrogens with zero attached hydrogens (tertiary/aromatic N) is 1. The van der Waals surface area contributed by atoms with E-state index < -0.39 is 17.9 Å². The van der Waals surface area contributed by atoms with Crippen LogP contribution in [-0.4, -0.2) is 56.0 Å². The number of quaternary nitrogens is 1. The monoisotopic (exact) mass is 285 g/mol. The van der Waals surface area contributed by atoms with E-state index in [1.54, 1.807) is 11.9 Å². The van der Waals surface area contributed by atoms with Crippen LogP contribution in [0.25, 0.3) is 0 Å². The number of urea groups is 1. The summed E-state index contributed by atoms with van der Waals surface area (Å²) in [6, 6.07) is -0.247. The van der Waals surface area contributed by atoms with Crippen LogP contribution in [0.2, 0.25) is 0 Å². The van der Waals surface area contributed by atoms with Crippen molar-refractivity contribution >= 4 is 17.9 Å². The summed E-state index contributed by atoms with van der Waals surface area (Å²) in [4.78, 5) is 36.6. The van der Waals surface area contributed by atoms with Gasteiger partial charge in [0.15, 0.2) is 0 Å². The molecule has 1 rings (SSSR count). The van der Waals surface area contributed by atoms with E-state index in [0.29, 0.717) is 0 Å². The van der Waals surface area contributed by atoms with Gasteiger partial charge in [0.1, 0.15) is 0 Å². The van der Waals surface area contributed by atoms with Gasteiger partial charge in [-0.05, 0) is 12.8 Å². The summed E-state index contributed by atoms with van der Waals surface area (Å²) < 4.78 is 0. The first kappa shape index (κ1) is 16.4. The molecule has 0 saturated carbocycles. The Morgan fingerprint density at radius 1 is 1.25 bits per heavy atom. The summed E-state index contributed by atoms with van der Waals surface area (Å²) in [5.41, 5.74) is 0. The van der Waals surface area contributed by atoms with Crippen LogP contribution in [0.5, 0.6) is 0 Å². The van der Waals surface area contributed by atoms with Crippen LogP contribution in [0.15, 0.2) is 0 Å². The van der Waals surface area contributed by atoms with Crippen LogP contribution in [-0.2, 0) is 9.59 Å². The van der Waals surface area contributed by atoms with Gasteiger partial charge in [-0.15, -0.1) is 0 Å². The molecule has 2 N–H and O–H groups in total. The van der Waals surface area contributed by atoms with Crippen LogP contribution < -0.4 is 15.3 Å². The summed E-state index contributed by atoms with van der Waals surface area (Å²) in [7, 11) is 3.81. The fraction of sp³-hybridized carbons (Fsp3) is 0.769. The van der Waals surface area contributed by atoms with E-state index in [9.17, 15) is 19.5 Å². The van der Waals surface area contributed by atoms with Crippen molar-refractivity contribution in [1.82, 2.24) is 10.2 Å². The van der Waals surface area contributed by atoms with Crippen LogP contribution in [0.4, 0.5) is 4.79 Å². The van der Waals surface area contributed by atoms with Crippen molar-refractivity contribution in [2.75, 3.05) is 27.2 Å². The molecule has 20 heavy (non-hydrogen) atoms. The van der Waals surface area contributed by atoms with Crippen LogP contribution in [0.1, 0.15) is 32.1 Å². The Bertz CT molecular complexity index is 365. The largest absolute Gasteiger partial charge is 0.550 e. The number of carbonyl (C=O) groups is 3. The molecule has 7 heteroatoms. The molecule has 0 unspecified atom stereocenters. The molecular formula is C13H23N3O4. The smallest absolute Gasteiger partial charge is 0.324 e. The highest BCUT2D eigenvalue weighted by Crippen LogP contribution is 2.08. The molecule has 0 atom stereocenters. The quantitative estimate of drug-likeness (QED) is 0.597. The van der Waals surface area contributed by atoms with E-state index in [0.717, 1.165) is 25.9 Å². The van der Waals surface area contributed by atoms with Crippen LogP contribution in [0.3, 0.4) is 0 Å². The maximum absolute atomic E-state index is 11.9. The van der Waals surface area contributed by atoms with Gasteiger partial charge >= 0.3 is 6.03 Å². The van der Waals surface area contributed by atoms with E-state index in [2.05, 4.69) is 12.4 Å². The fourth-order valence-electron chi connectivity index (χ4n) is 2.31. The lowest BCUT2D eigenvalue weighted by atomic mass is 10.0. The minimum Gasteiger partial charge on any atom is -0.550 e. The van der Waals surface area contributed by atoms with Gasteiger partial charge in [0, 0.05) is 38.3 Å². The Balaban J connectivity index is 2.30. The highest BCUT2D eigenvalue weighted by molar-refractivity contribution is 5.94. The lowest BCUT2D eigenvalue weighted by Crippen LogP contribution is -3.10. The zero-order valence-corrected chi connectivity index (χ0v) is 12.1. The number of piperidine rings is 1.